The van der Waals surface area contributed by atoms with Crippen LogP contribution >= 0.6 is 0 Å². The van der Waals surface area contributed by atoms with Crippen LogP contribution in [0.1, 0.15) is 5.82 Å². The Morgan fingerprint density at radius 3 is 2.60 bits per heavy atom. The number of rotatable bonds is 5. The molecule has 0 radical (unpaired) electrons. The highest BCUT2D eigenvalue weighted by atomic mass is 15.3. The van der Waals surface area contributed by atoms with Crippen molar-refractivity contribution in [2.24, 2.45) is 0 Å². The smallest absolute Gasteiger partial charge is 0.245 e. The van der Waals surface area contributed by atoms with E-state index in [1.165, 1.54) is 0 Å². The van der Waals surface area contributed by atoms with Gasteiger partial charge in [0.05, 0.1) is 22.9 Å². The molecule has 2 heterocycles. The van der Waals surface area contributed by atoms with Crippen molar-refractivity contribution in [3.8, 4) is 11.3 Å². The Hall–Kier alpha value is -3.28. The van der Waals surface area contributed by atoms with Gasteiger partial charge in [0.1, 0.15) is 5.82 Å². The first-order valence-electron chi connectivity index (χ1n) is 8.19. The van der Waals surface area contributed by atoms with E-state index in [0.29, 0.717) is 5.95 Å². The highest BCUT2D eigenvalue weighted by molar-refractivity contribution is 5.74. The number of hydrogen-bond acceptors (Lipinski definition) is 5. The highest BCUT2D eigenvalue weighted by Gasteiger charge is 2.09. The molecule has 0 spiro atoms. The fraction of sp³-hybridized carbons (Fsp3) is 0.158. The van der Waals surface area contributed by atoms with Crippen LogP contribution in [0, 0.1) is 0 Å². The molecule has 0 amide bonds. The molecule has 4 aromatic rings. The molecular weight excluding hydrogens is 312 g/mol. The quantitative estimate of drug-likeness (QED) is 0.609. The van der Waals surface area contributed by atoms with Gasteiger partial charge in [-0.15, -0.1) is 5.10 Å². The first kappa shape index (κ1) is 15.3. The molecule has 124 valence electrons. The Kier molecular flexibility index (Phi) is 4.08. The van der Waals surface area contributed by atoms with E-state index in [-0.39, 0.29) is 0 Å². The Morgan fingerprint density at radius 2 is 1.76 bits per heavy atom. The lowest BCUT2D eigenvalue weighted by Gasteiger charge is -2.16. The maximum absolute atomic E-state index is 4.62. The number of aromatic nitrogens is 5. The third-order valence-electron chi connectivity index (χ3n) is 4.08. The lowest BCUT2D eigenvalue weighted by atomic mass is 10.2. The number of imidazole rings is 1. The summed E-state index contributed by atoms with van der Waals surface area (Å²) in [5.41, 5.74) is 3.90. The predicted octanol–water partition coefficient (Wildman–Crippen LogP) is 3.09. The summed E-state index contributed by atoms with van der Waals surface area (Å²) in [7, 11) is 1.97. The Bertz CT molecular complexity index is 946. The summed E-state index contributed by atoms with van der Waals surface area (Å²) in [5.74, 6) is 1.57. The molecule has 6 heteroatoms. The minimum Gasteiger partial charge on any atom is -0.342 e. The third-order valence-corrected chi connectivity index (χ3v) is 4.08. The molecule has 2 aromatic heterocycles. The van der Waals surface area contributed by atoms with Gasteiger partial charge in [0.25, 0.3) is 0 Å². The third kappa shape index (κ3) is 3.33. The van der Waals surface area contributed by atoms with Crippen molar-refractivity contribution in [3.63, 3.8) is 0 Å². The van der Waals surface area contributed by atoms with Crippen molar-refractivity contribution < 1.29 is 0 Å². The molecule has 0 fully saturated rings. The molecule has 0 bridgehead atoms. The fourth-order valence-electron chi connectivity index (χ4n) is 2.70. The van der Waals surface area contributed by atoms with Crippen molar-refractivity contribution in [1.29, 1.82) is 0 Å². The summed E-state index contributed by atoms with van der Waals surface area (Å²) in [4.78, 5) is 14.6. The van der Waals surface area contributed by atoms with Crippen LogP contribution < -0.4 is 4.90 Å². The lowest BCUT2D eigenvalue weighted by Crippen LogP contribution is -2.23. The Labute approximate surface area is 145 Å². The van der Waals surface area contributed by atoms with E-state index in [0.717, 1.165) is 41.1 Å². The van der Waals surface area contributed by atoms with Gasteiger partial charge in [-0.2, -0.15) is 5.10 Å². The van der Waals surface area contributed by atoms with E-state index in [2.05, 4.69) is 25.1 Å². The molecule has 2 aromatic carbocycles. The number of nitrogens with zero attached hydrogens (tertiary/aromatic N) is 5. The van der Waals surface area contributed by atoms with Crippen molar-refractivity contribution in [1.82, 2.24) is 25.1 Å². The number of H-pyrrole nitrogens is 1. The van der Waals surface area contributed by atoms with Gasteiger partial charge in [-0.1, -0.05) is 42.5 Å². The van der Waals surface area contributed by atoms with Crippen LogP contribution in [0.3, 0.4) is 0 Å². The van der Waals surface area contributed by atoms with Gasteiger partial charge in [-0.3, -0.25) is 0 Å². The standard InChI is InChI=1S/C19H18N6/c1-25(12-11-18-21-15-9-5-6-10-16(15)22-18)19-23-17(13-20-24-19)14-7-3-2-4-8-14/h2-10,13H,11-12H2,1H3,(H,21,22). The van der Waals surface area contributed by atoms with E-state index < -0.39 is 0 Å². The van der Waals surface area contributed by atoms with Gasteiger partial charge >= 0.3 is 0 Å². The van der Waals surface area contributed by atoms with E-state index in [1.807, 2.05) is 66.5 Å². The lowest BCUT2D eigenvalue weighted by molar-refractivity contribution is 0.792. The minimum absolute atomic E-state index is 0.609. The van der Waals surface area contributed by atoms with E-state index in [4.69, 9.17) is 0 Å². The van der Waals surface area contributed by atoms with Gasteiger partial charge in [0.2, 0.25) is 5.95 Å². The summed E-state index contributed by atoms with van der Waals surface area (Å²) in [6.45, 7) is 0.750. The molecule has 0 saturated heterocycles. The van der Waals surface area contributed by atoms with Crippen molar-refractivity contribution in [2.75, 3.05) is 18.5 Å². The molecule has 6 nitrogen and oxygen atoms in total. The normalized spacial score (nSPS) is 10.9. The van der Waals surface area contributed by atoms with Crippen LogP contribution in [0.15, 0.2) is 60.8 Å². The van der Waals surface area contributed by atoms with Crippen LogP contribution in [0.2, 0.25) is 0 Å². The molecule has 25 heavy (non-hydrogen) atoms. The molecule has 4 rings (SSSR count). The number of benzene rings is 2. The Morgan fingerprint density at radius 1 is 0.960 bits per heavy atom. The van der Waals surface area contributed by atoms with Crippen LogP contribution in [0.5, 0.6) is 0 Å². The minimum atomic E-state index is 0.609. The van der Waals surface area contributed by atoms with Crippen molar-refractivity contribution in [2.45, 2.75) is 6.42 Å². The van der Waals surface area contributed by atoms with Gasteiger partial charge < -0.3 is 9.88 Å². The molecule has 0 saturated carbocycles. The summed E-state index contributed by atoms with van der Waals surface area (Å²) in [6.07, 6.45) is 2.47. The van der Waals surface area contributed by atoms with Crippen molar-refractivity contribution >= 4 is 17.0 Å². The molecule has 0 aliphatic carbocycles. The Balaban J connectivity index is 1.48. The zero-order chi connectivity index (χ0) is 17.1. The van der Waals surface area contributed by atoms with Crippen LogP contribution in [0.4, 0.5) is 5.95 Å². The topological polar surface area (TPSA) is 70.6 Å². The van der Waals surface area contributed by atoms with Gasteiger partial charge in [-0.05, 0) is 12.1 Å². The SMILES string of the molecule is CN(CCc1nc2ccccc2[nH]1)c1nncc(-c2ccccc2)n1. The molecule has 1 N–H and O–H groups in total. The summed E-state index contributed by atoms with van der Waals surface area (Å²) in [5, 5.41) is 8.25. The molecular formula is C19H18N6. The van der Waals surface area contributed by atoms with Crippen LogP contribution in [-0.2, 0) is 6.42 Å². The predicted molar refractivity (Wildman–Crippen MR) is 98.3 cm³/mol. The van der Waals surface area contributed by atoms with Crippen LogP contribution in [-0.4, -0.2) is 38.7 Å². The van der Waals surface area contributed by atoms with E-state index >= 15 is 0 Å². The number of likely N-dealkylation sites (N-methyl/N-ethyl adjacent to an activating group) is 1. The zero-order valence-corrected chi connectivity index (χ0v) is 13.9. The second kappa shape index (κ2) is 6.68. The van der Waals surface area contributed by atoms with Crippen LogP contribution in [0.25, 0.3) is 22.3 Å². The summed E-state index contributed by atoms with van der Waals surface area (Å²) < 4.78 is 0. The first-order chi connectivity index (χ1) is 12.3. The summed E-state index contributed by atoms with van der Waals surface area (Å²) in [6, 6.07) is 18.0. The number of aromatic amines is 1. The number of anilines is 1. The number of nitrogens with one attached hydrogen (secondary N) is 1. The highest BCUT2D eigenvalue weighted by Crippen LogP contribution is 2.17. The largest absolute Gasteiger partial charge is 0.342 e. The zero-order valence-electron chi connectivity index (χ0n) is 13.9. The molecule has 0 aliphatic rings. The first-order valence-corrected chi connectivity index (χ1v) is 8.19. The second-order valence-corrected chi connectivity index (χ2v) is 5.88. The molecule has 0 unspecified atom stereocenters. The summed E-state index contributed by atoms with van der Waals surface area (Å²) >= 11 is 0. The van der Waals surface area contributed by atoms with Gasteiger partial charge in [0.15, 0.2) is 0 Å². The number of hydrogen-bond donors (Lipinski definition) is 1. The van der Waals surface area contributed by atoms with Gasteiger partial charge in [-0.25, -0.2) is 9.97 Å². The average Bonchev–Trinajstić information content (AvgIpc) is 3.10. The maximum atomic E-state index is 4.62. The van der Waals surface area contributed by atoms with E-state index in [1.54, 1.807) is 6.20 Å². The second-order valence-electron chi connectivity index (χ2n) is 5.88. The van der Waals surface area contributed by atoms with E-state index in [9.17, 15) is 0 Å². The van der Waals surface area contributed by atoms with Gasteiger partial charge in [0, 0.05) is 25.6 Å². The maximum Gasteiger partial charge on any atom is 0.245 e. The molecule has 0 aliphatic heterocycles. The molecule has 0 atom stereocenters. The number of para-hydroxylation sites is 2. The van der Waals surface area contributed by atoms with Crippen molar-refractivity contribution in [3.05, 3.63) is 66.6 Å². The number of fused-ring (bicyclic) bond motifs is 1. The fourth-order valence-corrected chi connectivity index (χ4v) is 2.70. The monoisotopic (exact) mass is 330 g/mol. The average molecular weight is 330 g/mol.